The summed E-state index contributed by atoms with van der Waals surface area (Å²) in [5, 5.41) is 1.91. The largest absolute Gasteiger partial charge is 0.338 e. The highest BCUT2D eigenvalue weighted by Gasteiger charge is 2.25. The fourth-order valence-corrected chi connectivity index (χ4v) is 3.17. The molecule has 4 heteroatoms. The first kappa shape index (κ1) is 13.1. The van der Waals surface area contributed by atoms with Gasteiger partial charge in [0.2, 0.25) is 0 Å². The summed E-state index contributed by atoms with van der Waals surface area (Å²) in [5.74, 6) is 5.87. The molecule has 0 saturated heterocycles. The Kier molecular flexibility index (Phi) is 4.40. The van der Waals surface area contributed by atoms with Crippen molar-refractivity contribution in [1.29, 1.82) is 0 Å². The van der Waals surface area contributed by atoms with Gasteiger partial charge in [-0.25, -0.2) is 0 Å². The van der Waals surface area contributed by atoms with E-state index in [2.05, 4.69) is 11.8 Å². The van der Waals surface area contributed by atoms with E-state index in [0.29, 0.717) is 12.6 Å². The molecule has 1 aliphatic rings. The van der Waals surface area contributed by atoms with Gasteiger partial charge in [0.1, 0.15) is 4.88 Å². The summed E-state index contributed by atoms with van der Waals surface area (Å²) < 4.78 is 0. The van der Waals surface area contributed by atoms with Gasteiger partial charge in [-0.3, -0.25) is 4.79 Å². The van der Waals surface area contributed by atoms with Crippen LogP contribution in [0.3, 0.4) is 0 Å². The second-order valence-corrected chi connectivity index (χ2v) is 5.44. The average molecular weight is 262 g/mol. The van der Waals surface area contributed by atoms with Crippen molar-refractivity contribution >= 4 is 17.2 Å². The lowest BCUT2D eigenvalue weighted by atomic mass is 10.2. The van der Waals surface area contributed by atoms with E-state index in [1.54, 1.807) is 0 Å². The first-order valence-electron chi connectivity index (χ1n) is 6.27. The average Bonchev–Trinajstić information content (AvgIpc) is 3.05. The van der Waals surface area contributed by atoms with Crippen LogP contribution in [0.2, 0.25) is 0 Å². The molecule has 2 N–H and O–H groups in total. The van der Waals surface area contributed by atoms with Crippen molar-refractivity contribution in [3.8, 4) is 11.8 Å². The zero-order valence-corrected chi connectivity index (χ0v) is 11.4. The van der Waals surface area contributed by atoms with Gasteiger partial charge in [0.05, 0.1) is 6.54 Å². The topological polar surface area (TPSA) is 46.3 Å². The number of nitrogens with zero attached hydrogens (tertiary/aromatic N) is 1. The summed E-state index contributed by atoms with van der Waals surface area (Å²) >= 11 is 1.46. The predicted molar refractivity (Wildman–Crippen MR) is 74.6 cm³/mol. The van der Waals surface area contributed by atoms with E-state index in [0.717, 1.165) is 23.3 Å². The highest BCUT2D eigenvalue weighted by molar-refractivity contribution is 7.12. The molecule has 1 heterocycles. The molecule has 0 aliphatic heterocycles. The molecule has 1 aromatic rings. The maximum absolute atomic E-state index is 12.4. The van der Waals surface area contributed by atoms with Crippen molar-refractivity contribution in [2.45, 2.75) is 31.7 Å². The number of thiophene rings is 1. The SMILES string of the molecule is CN(C(=O)c1sccc1C#CCN)C1CCCC1. The molecule has 3 nitrogen and oxygen atoms in total. The van der Waals surface area contributed by atoms with Crippen LogP contribution in [-0.2, 0) is 0 Å². The minimum Gasteiger partial charge on any atom is -0.338 e. The molecule has 1 amide bonds. The van der Waals surface area contributed by atoms with Crippen LogP contribution in [0.25, 0.3) is 0 Å². The van der Waals surface area contributed by atoms with Crippen LogP contribution in [0.5, 0.6) is 0 Å². The third kappa shape index (κ3) is 2.74. The van der Waals surface area contributed by atoms with Gasteiger partial charge in [0, 0.05) is 18.7 Å². The summed E-state index contributed by atoms with van der Waals surface area (Å²) in [6.07, 6.45) is 4.70. The standard InChI is InChI=1S/C14H18N2OS/c1-16(12-6-2-3-7-12)14(17)13-11(5-4-9-15)8-10-18-13/h8,10,12H,2-3,6-7,9,15H2,1H3. The lowest BCUT2D eigenvalue weighted by Gasteiger charge is -2.23. The number of hydrogen-bond acceptors (Lipinski definition) is 3. The number of nitrogens with two attached hydrogens (primary N) is 1. The molecular formula is C14H18N2OS. The maximum Gasteiger partial charge on any atom is 0.265 e. The molecule has 1 aromatic heterocycles. The Morgan fingerprint density at radius 1 is 1.56 bits per heavy atom. The van der Waals surface area contributed by atoms with E-state index < -0.39 is 0 Å². The number of carbonyl (C=O) groups is 1. The van der Waals surface area contributed by atoms with E-state index >= 15 is 0 Å². The Hall–Kier alpha value is -1.31. The van der Waals surface area contributed by atoms with Gasteiger partial charge in [-0.1, -0.05) is 24.7 Å². The minimum absolute atomic E-state index is 0.0956. The van der Waals surface area contributed by atoms with Gasteiger partial charge in [-0.15, -0.1) is 11.3 Å². The molecule has 1 aliphatic carbocycles. The first-order valence-corrected chi connectivity index (χ1v) is 7.15. The molecule has 0 spiro atoms. The van der Waals surface area contributed by atoms with E-state index in [9.17, 15) is 4.79 Å². The minimum atomic E-state index is 0.0956. The summed E-state index contributed by atoms with van der Waals surface area (Å²) in [4.78, 5) is 15.0. The molecule has 1 fully saturated rings. The van der Waals surface area contributed by atoms with E-state index in [1.807, 2.05) is 23.4 Å². The van der Waals surface area contributed by atoms with Crippen molar-refractivity contribution in [3.05, 3.63) is 21.9 Å². The van der Waals surface area contributed by atoms with Crippen molar-refractivity contribution < 1.29 is 4.79 Å². The normalized spacial score (nSPS) is 15.2. The van der Waals surface area contributed by atoms with Gasteiger partial charge in [0.15, 0.2) is 0 Å². The quantitative estimate of drug-likeness (QED) is 0.829. The Morgan fingerprint density at radius 3 is 2.94 bits per heavy atom. The van der Waals surface area contributed by atoms with Gasteiger partial charge in [0.25, 0.3) is 5.91 Å². The molecule has 96 valence electrons. The van der Waals surface area contributed by atoms with Gasteiger partial charge < -0.3 is 10.6 Å². The third-order valence-electron chi connectivity index (χ3n) is 3.38. The summed E-state index contributed by atoms with van der Waals surface area (Å²) in [7, 11) is 1.90. The zero-order chi connectivity index (χ0) is 13.0. The van der Waals surface area contributed by atoms with Crippen molar-refractivity contribution in [3.63, 3.8) is 0 Å². The molecular weight excluding hydrogens is 244 g/mol. The number of amides is 1. The molecule has 0 unspecified atom stereocenters. The van der Waals surface area contributed by atoms with E-state index in [-0.39, 0.29) is 5.91 Å². The van der Waals surface area contributed by atoms with Crippen molar-refractivity contribution in [2.24, 2.45) is 5.73 Å². The summed E-state index contributed by atoms with van der Waals surface area (Å²) in [6, 6.07) is 2.29. The van der Waals surface area contributed by atoms with Crippen LogP contribution < -0.4 is 5.73 Å². The second kappa shape index (κ2) is 6.03. The smallest absolute Gasteiger partial charge is 0.265 e. The molecule has 1 saturated carbocycles. The first-order chi connectivity index (χ1) is 8.74. The lowest BCUT2D eigenvalue weighted by Crippen LogP contribution is -2.35. The number of hydrogen-bond donors (Lipinski definition) is 1. The Labute approximate surface area is 112 Å². The Balaban J connectivity index is 2.15. The molecule has 2 rings (SSSR count). The predicted octanol–water partition coefficient (Wildman–Crippen LogP) is 2.07. The number of rotatable bonds is 2. The molecule has 18 heavy (non-hydrogen) atoms. The monoisotopic (exact) mass is 262 g/mol. The van der Waals surface area contributed by atoms with Crippen LogP contribution in [0, 0.1) is 11.8 Å². The molecule has 0 aromatic carbocycles. The molecule has 0 bridgehead atoms. The molecule has 0 atom stereocenters. The van der Waals surface area contributed by atoms with Crippen LogP contribution in [0.15, 0.2) is 11.4 Å². The maximum atomic E-state index is 12.4. The van der Waals surface area contributed by atoms with Crippen LogP contribution in [-0.4, -0.2) is 30.4 Å². The van der Waals surface area contributed by atoms with Gasteiger partial charge in [-0.05, 0) is 24.3 Å². The second-order valence-electron chi connectivity index (χ2n) is 4.52. The Bertz CT molecular complexity index is 477. The number of carbonyl (C=O) groups excluding carboxylic acids is 1. The zero-order valence-electron chi connectivity index (χ0n) is 10.6. The Morgan fingerprint density at radius 2 is 2.28 bits per heavy atom. The van der Waals surface area contributed by atoms with Crippen molar-refractivity contribution in [2.75, 3.05) is 13.6 Å². The van der Waals surface area contributed by atoms with Crippen LogP contribution >= 0.6 is 11.3 Å². The summed E-state index contributed by atoms with van der Waals surface area (Å²) in [6.45, 7) is 0.321. The van der Waals surface area contributed by atoms with Crippen LogP contribution in [0.1, 0.15) is 40.9 Å². The third-order valence-corrected chi connectivity index (χ3v) is 4.28. The highest BCUT2D eigenvalue weighted by Crippen LogP contribution is 2.25. The summed E-state index contributed by atoms with van der Waals surface area (Å²) in [5.41, 5.74) is 6.17. The fraction of sp³-hybridized carbons (Fsp3) is 0.500. The van der Waals surface area contributed by atoms with Crippen LogP contribution in [0.4, 0.5) is 0 Å². The van der Waals surface area contributed by atoms with Gasteiger partial charge in [-0.2, -0.15) is 0 Å². The van der Waals surface area contributed by atoms with E-state index in [4.69, 9.17) is 5.73 Å². The molecule has 0 radical (unpaired) electrons. The fourth-order valence-electron chi connectivity index (χ4n) is 2.34. The lowest BCUT2D eigenvalue weighted by molar-refractivity contribution is 0.0740. The van der Waals surface area contributed by atoms with Gasteiger partial charge >= 0.3 is 0 Å². The van der Waals surface area contributed by atoms with Crippen molar-refractivity contribution in [1.82, 2.24) is 4.90 Å². The van der Waals surface area contributed by atoms with E-state index in [1.165, 1.54) is 24.2 Å². The highest BCUT2D eigenvalue weighted by atomic mass is 32.1.